The zero-order chi connectivity index (χ0) is 8.10. The second kappa shape index (κ2) is 3.81. The fourth-order valence-corrected chi connectivity index (χ4v) is 0.435. The monoisotopic (exact) mass is 152 g/mol. The molecule has 1 aromatic rings. The Morgan fingerprint density at radius 1 is 1.36 bits per heavy atom. The van der Waals surface area contributed by atoms with Crippen LogP contribution in [0.25, 0.3) is 0 Å². The number of hydrogen-bond donors (Lipinski definition) is 2. The first-order valence-electron chi connectivity index (χ1n) is 3.74. The van der Waals surface area contributed by atoms with Crippen molar-refractivity contribution in [2.24, 2.45) is 0 Å². The maximum absolute atomic E-state index is 10.4. The summed E-state index contributed by atoms with van der Waals surface area (Å²) in [6.45, 7) is 0. The summed E-state index contributed by atoms with van der Waals surface area (Å²) in [4.78, 5) is 12.9. The molecule has 0 spiro atoms. The number of anilines is 1. The molecule has 1 aromatic heterocycles. The van der Waals surface area contributed by atoms with E-state index in [4.69, 9.17) is 5.73 Å². The predicted octanol–water partition coefficient (Wildman–Crippen LogP) is 1.13. The lowest BCUT2D eigenvalue weighted by molar-refractivity contribution is 1.24. The molecule has 0 atom stereocenters. The quantitative estimate of drug-likeness (QED) is 0.585. The third-order valence-corrected chi connectivity index (χ3v) is 1.20. The lowest BCUT2D eigenvalue weighted by Crippen LogP contribution is -2.08. The molecule has 0 unspecified atom stereocenters. The molecule has 3 heteroatoms. The molecule has 1 saturated carbocycles. The highest BCUT2D eigenvalue weighted by atomic mass is 16.1. The Hall–Kier alpha value is -1.25. The van der Waals surface area contributed by atoms with Gasteiger partial charge in [0.05, 0.1) is 5.69 Å². The van der Waals surface area contributed by atoms with Crippen LogP contribution < -0.4 is 11.3 Å². The molecule has 3 N–H and O–H groups in total. The van der Waals surface area contributed by atoms with Crippen molar-refractivity contribution < 1.29 is 0 Å². The molecule has 1 aliphatic carbocycles. The van der Waals surface area contributed by atoms with Gasteiger partial charge in [0.1, 0.15) is 0 Å². The molecule has 0 amide bonds. The van der Waals surface area contributed by atoms with Gasteiger partial charge in [0, 0.05) is 6.20 Å². The zero-order valence-corrected chi connectivity index (χ0v) is 6.34. The molecule has 60 valence electrons. The Kier molecular flexibility index (Phi) is 2.72. The summed E-state index contributed by atoms with van der Waals surface area (Å²) in [7, 11) is 0. The van der Waals surface area contributed by atoms with E-state index in [0.717, 1.165) is 0 Å². The molecule has 0 radical (unpaired) electrons. The molecule has 0 saturated heterocycles. The van der Waals surface area contributed by atoms with E-state index < -0.39 is 0 Å². The Balaban J connectivity index is 0.000000167. The standard InChI is InChI=1S/C5H6N2O.C3H6/c6-4-2-1-3-7-5(4)8;1-2-3-1/h1-3H,6H2,(H,7,8);1-3H2. The summed E-state index contributed by atoms with van der Waals surface area (Å²) >= 11 is 0. The van der Waals surface area contributed by atoms with Crippen molar-refractivity contribution in [2.75, 3.05) is 5.73 Å². The maximum Gasteiger partial charge on any atom is 0.271 e. The average molecular weight is 152 g/mol. The van der Waals surface area contributed by atoms with E-state index in [9.17, 15) is 4.79 Å². The Morgan fingerprint density at radius 3 is 2.27 bits per heavy atom. The van der Waals surface area contributed by atoms with E-state index in [-0.39, 0.29) is 11.2 Å². The van der Waals surface area contributed by atoms with E-state index in [1.165, 1.54) is 19.3 Å². The third-order valence-electron chi connectivity index (χ3n) is 1.20. The van der Waals surface area contributed by atoms with Gasteiger partial charge in [-0.3, -0.25) is 4.79 Å². The average Bonchev–Trinajstić information content (AvgIpc) is 2.80. The fourth-order valence-electron chi connectivity index (χ4n) is 0.435. The van der Waals surface area contributed by atoms with E-state index in [1.54, 1.807) is 18.3 Å². The lowest BCUT2D eigenvalue weighted by atomic mass is 10.4. The van der Waals surface area contributed by atoms with Crippen LogP contribution in [-0.2, 0) is 0 Å². The van der Waals surface area contributed by atoms with E-state index in [1.807, 2.05) is 0 Å². The molecule has 3 nitrogen and oxygen atoms in total. The molecule has 1 heterocycles. The first-order chi connectivity index (χ1) is 5.30. The number of rotatable bonds is 0. The molecular weight excluding hydrogens is 140 g/mol. The summed E-state index contributed by atoms with van der Waals surface area (Å²) in [6, 6.07) is 3.23. The van der Waals surface area contributed by atoms with Crippen molar-refractivity contribution >= 4 is 5.69 Å². The summed E-state index contributed by atoms with van der Waals surface area (Å²) in [5, 5.41) is 0. The van der Waals surface area contributed by atoms with Gasteiger partial charge in [0.25, 0.3) is 5.56 Å². The molecule has 0 aromatic carbocycles. The maximum atomic E-state index is 10.4. The minimum atomic E-state index is -0.229. The van der Waals surface area contributed by atoms with Crippen molar-refractivity contribution in [1.29, 1.82) is 0 Å². The van der Waals surface area contributed by atoms with Gasteiger partial charge >= 0.3 is 0 Å². The van der Waals surface area contributed by atoms with Crippen LogP contribution in [0.15, 0.2) is 23.1 Å². The number of nitrogen functional groups attached to an aromatic ring is 1. The number of pyridine rings is 1. The molecule has 1 fully saturated rings. The highest BCUT2D eigenvalue weighted by molar-refractivity contribution is 5.32. The molecule has 0 bridgehead atoms. The van der Waals surface area contributed by atoms with Crippen LogP contribution in [0.5, 0.6) is 0 Å². The van der Waals surface area contributed by atoms with Gasteiger partial charge in [-0.25, -0.2) is 0 Å². The highest BCUT2D eigenvalue weighted by Gasteiger charge is 1.95. The Bertz CT molecular complexity index is 262. The number of aromatic amines is 1. The summed E-state index contributed by atoms with van der Waals surface area (Å²) < 4.78 is 0. The molecule has 2 rings (SSSR count). The number of aromatic nitrogens is 1. The Morgan fingerprint density at radius 2 is 2.00 bits per heavy atom. The summed E-state index contributed by atoms with van der Waals surface area (Å²) in [5.41, 5.74) is 5.20. The number of hydrogen-bond acceptors (Lipinski definition) is 2. The van der Waals surface area contributed by atoms with Crippen LogP contribution in [0.4, 0.5) is 5.69 Å². The largest absolute Gasteiger partial charge is 0.394 e. The molecule has 1 aliphatic rings. The van der Waals surface area contributed by atoms with Crippen LogP contribution in [0, 0.1) is 0 Å². The second-order valence-corrected chi connectivity index (χ2v) is 2.52. The second-order valence-electron chi connectivity index (χ2n) is 2.52. The van der Waals surface area contributed by atoms with Gasteiger partial charge < -0.3 is 10.7 Å². The van der Waals surface area contributed by atoms with E-state index in [2.05, 4.69) is 4.98 Å². The topological polar surface area (TPSA) is 58.9 Å². The molecule has 0 aliphatic heterocycles. The third kappa shape index (κ3) is 3.45. The minimum Gasteiger partial charge on any atom is -0.394 e. The Labute approximate surface area is 65.2 Å². The summed E-state index contributed by atoms with van der Waals surface area (Å²) in [6.07, 6.45) is 6.04. The van der Waals surface area contributed by atoms with Gasteiger partial charge in [-0.15, -0.1) is 0 Å². The van der Waals surface area contributed by atoms with Crippen LogP contribution in [-0.4, -0.2) is 4.98 Å². The van der Waals surface area contributed by atoms with Crippen LogP contribution in [0.2, 0.25) is 0 Å². The lowest BCUT2D eigenvalue weighted by Gasteiger charge is -1.84. The summed E-state index contributed by atoms with van der Waals surface area (Å²) in [5.74, 6) is 0. The van der Waals surface area contributed by atoms with Gasteiger partial charge in [-0.1, -0.05) is 19.3 Å². The van der Waals surface area contributed by atoms with Crippen molar-refractivity contribution in [3.63, 3.8) is 0 Å². The normalized spacial score (nSPS) is 13.1. The van der Waals surface area contributed by atoms with Crippen LogP contribution >= 0.6 is 0 Å². The highest BCUT2D eigenvalue weighted by Crippen LogP contribution is 2.14. The van der Waals surface area contributed by atoms with Crippen LogP contribution in [0.3, 0.4) is 0 Å². The zero-order valence-electron chi connectivity index (χ0n) is 6.34. The molecular formula is C8H12N2O. The van der Waals surface area contributed by atoms with Gasteiger partial charge in [0.15, 0.2) is 0 Å². The van der Waals surface area contributed by atoms with Crippen molar-refractivity contribution in [3.05, 3.63) is 28.7 Å². The molecule has 11 heavy (non-hydrogen) atoms. The first-order valence-corrected chi connectivity index (χ1v) is 3.74. The number of nitrogens with two attached hydrogens (primary N) is 1. The minimum absolute atomic E-state index is 0.229. The van der Waals surface area contributed by atoms with Gasteiger partial charge in [-0.05, 0) is 12.1 Å². The van der Waals surface area contributed by atoms with Gasteiger partial charge in [-0.2, -0.15) is 0 Å². The fraction of sp³-hybridized carbons (Fsp3) is 0.375. The van der Waals surface area contributed by atoms with E-state index >= 15 is 0 Å². The SMILES string of the molecule is C1CC1.Nc1ccc[nH]c1=O. The smallest absolute Gasteiger partial charge is 0.271 e. The predicted molar refractivity (Wildman–Crippen MR) is 45.3 cm³/mol. The number of nitrogens with one attached hydrogen (secondary N) is 1. The van der Waals surface area contributed by atoms with Gasteiger partial charge in [0.2, 0.25) is 0 Å². The van der Waals surface area contributed by atoms with Crippen molar-refractivity contribution in [1.82, 2.24) is 4.98 Å². The van der Waals surface area contributed by atoms with Crippen molar-refractivity contribution in [3.8, 4) is 0 Å². The van der Waals surface area contributed by atoms with E-state index in [0.29, 0.717) is 0 Å². The van der Waals surface area contributed by atoms with Crippen LogP contribution in [0.1, 0.15) is 19.3 Å². The first kappa shape index (κ1) is 7.85. The number of H-pyrrole nitrogens is 1. The van der Waals surface area contributed by atoms with Crippen molar-refractivity contribution in [2.45, 2.75) is 19.3 Å².